The fraction of sp³-hybridized carbons (Fsp3) is 0.154. The maximum Gasteiger partial charge on any atom is 0.210 e. The number of rotatable bonds is 2. The smallest absolute Gasteiger partial charge is 0.210 e. The summed E-state index contributed by atoms with van der Waals surface area (Å²) in [6.07, 6.45) is 5.38. The van der Waals surface area contributed by atoms with Crippen LogP contribution in [0.3, 0.4) is 0 Å². The molecule has 0 aliphatic carbocycles. The van der Waals surface area contributed by atoms with Gasteiger partial charge in [0.05, 0.1) is 16.3 Å². The van der Waals surface area contributed by atoms with Gasteiger partial charge in [0.25, 0.3) is 0 Å². The van der Waals surface area contributed by atoms with Gasteiger partial charge >= 0.3 is 0 Å². The van der Waals surface area contributed by atoms with Crippen molar-refractivity contribution >= 4 is 47.1 Å². The van der Waals surface area contributed by atoms with Gasteiger partial charge in [0, 0.05) is 24.5 Å². The predicted molar refractivity (Wildman–Crippen MR) is 80.7 cm³/mol. The largest absolute Gasteiger partial charge is 0.493 e. The van der Waals surface area contributed by atoms with Crippen molar-refractivity contribution in [3.63, 3.8) is 0 Å². The maximum atomic E-state index is 10.1. The fourth-order valence-corrected chi connectivity index (χ4v) is 3.34. The number of pyridine rings is 1. The van der Waals surface area contributed by atoms with Crippen LogP contribution in [0.25, 0.3) is 11.6 Å². The lowest BCUT2D eigenvalue weighted by Gasteiger charge is -1.99. The van der Waals surface area contributed by atoms with Gasteiger partial charge in [-0.25, -0.2) is 0 Å². The van der Waals surface area contributed by atoms with E-state index in [0.29, 0.717) is 10.5 Å². The Morgan fingerprint density at radius 3 is 3.11 bits per heavy atom. The van der Waals surface area contributed by atoms with Gasteiger partial charge in [-0.2, -0.15) is 0 Å². The normalized spacial score (nSPS) is 15.1. The number of hydrogen-bond acceptors (Lipinski definition) is 5. The predicted octanol–water partition coefficient (Wildman–Crippen LogP) is 3.66. The zero-order chi connectivity index (χ0) is 13.4. The Kier molecular flexibility index (Phi) is 3.04. The van der Waals surface area contributed by atoms with Crippen LogP contribution in [-0.4, -0.2) is 20.9 Å². The lowest BCUT2D eigenvalue weighted by Crippen LogP contribution is -1.91. The summed E-state index contributed by atoms with van der Waals surface area (Å²) >= 11 is 6.61. The second-order valence-corrected chi connectivity index (χ2v) is 5.70. The van der Waals surface area contributed by atoms with E-state index >= 15 is 0 Å². The summed E-state index contributed by atoms with van der Waals surface area (Å²) in [7, 11) is 0. The van der Waals surface area contributed by atoms with E-state index in [9.17, 15) is 5.11 Å². The Balaban J connectivity index is 2.10. The first-order valence-corrected chi connectivity index (χ1v) is 7.07. The van der Waals surface area contributed by atoms with Crippen molar-refractivity contribution in [2.24, 2.45) is 4.99 Å². The van der Waals surface area contributed by atoms with Crippen molar-refractivity contribution in [2.45, 2.75) is 13.5 Å². The van der Waals surface area contributed by atoms with Crippen molar-refractivity contribution in [3.05, 3.63) is 32.9 Å². The highest BCUT2D eigenvalue weighted by Gasteiger charge is 2.15. The van der Waals surface area contributed by atoms with E-state index in [1.54, 1.807) is 17.0 Å². The summed E-state index contributed by atoms with van der Waals surface area (Å²) in [6.45, 7) is 2.61. The minimum Gasteiger partial charge on any atom is -0.493 e. The highest BCUT2D eigenvalue weighted by Crippen LogP contribution is 2.34. The van der Waals surface area contributed by atoms with Crippen molar-refractivity contribution in [2.75, 3.05) is 0 Å². The molecule has 0 saturated carbocycles. The second-order valence-electron chi connectivity index (χ2n) is 4.03. The van der Waals surface area contributed by atoms with E-state index in [1.807, 2.05) is 25.1 Å². The summed E-state index contributed by atoms with van der Waals surface area (Å²) in [5, 5.41) is 10.1. The van der Waals surface area contributed by atoms with Crippen LogP contribution in [0.5, 0.6) is 5.88 Å². The molecule has 19 heavy (non-hydrogen) atoms. The highest BCUT2D eigenvalue weighted by molar-refractivity contribution is 7.73. The van der Waals surface area contributed by atoms with Crippen LogP contribution in [0.1, 0.15) is 17.5 Å². The molecule has 1 N–H and O–H groups in total. The summed E-state index contributed by atoms with van der Waals surface area (Å²) in [4.78, 5) is 9.35. The van der Waals surface area contributed by atoms with Crippen LogP contribution in [-0.2, 0) is 6.54 Å². The van der Waals surface area contributed by atoms with Gasteiger partial charge in [0.1, 0.15) is 0 Å². The second kappa shape index (κ2) is 4.71. The summed E-state index contributed by atoms with van der Waals surface area (Å²) < 4.78 is 2.38. The summed E-state index contributed by atoms with van der Waals surface area (Å²) in [5.41, 5.74) is 2.58. The minimum atomic E-state index is 0.211. The molecule has 0 amide bonds. The first kappa shape index (κ1) is 12.3. The summed E-state index contributed by atoms with van der Waals surface area (Å²) in [5.74, 6) is 0.211. The topological polar surface area (TPSA) is 50.4 Å². The first-order chi connectivity index (χ1) is 9.20. The molecule has 0 atom stereocenters. The molecule has 0 aromatic carbocycles. The van der Waals surface area contributed by atoms with E-state index in [1.165, 1.54) is 11.3 Å². The Labute approximate surface area is 119 Å². The number of nitrogens with zero attached hydrogens (tertiary/aromatic N) is 3. The standard InChI is InChI=1S/C13H11N3OS2/c1-2-16-12(17)10(19-13(16)18)6-8-7-15-9-4-3-5-14-11(8)9/h3-7,17H,2H2,1H3/b8-6+. The number of aromatic hydroxyl groups is 1. The zero-order valence-electron chi connectivity index (χ0n) is 10.2. The molecule has 0 radical (unpaired) electrons. The first-order valence-electron chi connectivity index (χ1n) is 5.84. The lowest BCUT2D eigenvalue weighted by molar-refractivity contribution is 0.419. The molecule has 96 valence electrons. The fourth-order valence-electron chi connectivity index (χ4n) is 1.96. The van der Waals surface area contributed by atoms with E-state index in [0.717, 1.165) is 21.8 Å². The average molecular weight is 289 g/mol. The molecule has 0 spiro atoms. The van der Waals surface area contributed by atoms with Crippen LogP contribution in [0.2, 0.25) is 0 Å². The Bertz CT molecular complexity index is 755. The van der Waals surface area contributed by atoms with E-state index in [-0.39, 0.29) is 5.88 Å². The van der Waals surface area contributed by atoms with Crippen LogP contribution in [0.15, 0.2) is 23.3 Å². The number of fused-ring (bicyclic) bond motifs is 1. The molecule has 0 bridgehead atoms. The molecular formula is C13H11N3OS2. The SMILES string of the molecule is CCn1c(O)c(/C=C2\C=Nc3cccnc32)sc1=S. The molecular weight excluding hydrogens is 278 g/mol. The van der Waals surface area contributed by atoms with E-state index in [4.69, 9.17) is 12.2 Å². The number of aromatic nitrogens is 2. The van der Waals surface area contributed by atoms with Gasteiger partial charge in [0.15, 0.2) is 3.95 Å². The number of allylic oxidation sites excluding steroid dienone is 1. The molecule has 2 aromatic rings. The monoisotopic (exact) mass is 289 g/mol. The third kappa shape index (κ3) is 2.02. The molecule has 1 aliphatic rings. The van der Waals surface area contributed by atoms with Crippen molar-refractivity contribution in [1.82, 2.24) is 9.55 Å². The Hall–Kier alpha value is -1.79. The molecule has 0 saturated heterocycles. The minimum absolute atomic E-state index is 0.211. The van der Waals surface area contributed by atoms with Crippen LogP contribution < -0.4 is 0 Å². The van der Waals surface area contributed by atoms with E-state index < -0.39 is 0 Å². The molecule has 3 heterocycles. The molecule has 1 aliphatic heterocycles. The third-order valence-electron chi connectivity index (χ3n) is 2.90. The van der Waals surface area contributed by atoms with Gasteiger partial charge < -0.3 is 5.11 Å². The Morgan fingerprint density at radius 2 is 2.37 bits per heavy atom. The summed E-state index contributed by atoms with van der Waals surface area (Å²) in [6, 6.07) is 3.77. The molecule has 3 rings (SSSR count). The third-order valence-corrected chi connectivity index (χ3v) is 4.28. The van der Waals surface area contributed by atoms with E-state index in [2.05, 4.69) is 9.98 Å². The van der Waals surface area contributed by atoms with Crippen LogP contribution in [0, 0.1) is 3.95 Å². The van der Waals surface area contributed by atoms with Crippen molar-refractivity contribution in [1.29, 1.82) is 0 Å². The van der Waals surface area contributed by atoms with Crippen molar-refractivity contribution < 1.29 is 5.11 Å². The van der Waals surface area contributed by atoms with Crippen LogP contribution >= 0.6 is 23.6 Å². The van der Waals surface area contributed by atoms with Gasteiger partial charge in [-0.3, -0.25) is 14.5 Å². The molecule has 6 heteroatoms. The number of aliphatic imine (C=N–C) groups is 1. The quantitative estimate of drug-likeness (QED) is 0.858. The molecule has 0 unspecified atom stereocenters. The van der Waals surface area contributed by atoms with Crippen molar-refractivity contribution in [3.8, 4) is 5.88 Å². The Morgan fingerprint density at radius 1 is 1.53 bits per heavy atom. The average Bonchev–Trinajstić information content (AvgIpc) is 2.93. The van der Waals surface area contributed by atoms with Gasteiger partial charge in [-0.05, 0) is 37.4 Å². The molecule has 4 nitrogen and oxygen atoms in total. The number of thiazole rings is 1. The maximum absolute atomic E-state index is 10.1. The molecule has 2 aromatic heterocycles. The van der Waals surface area contributed by atoms with Gasteiger partial charge in [-0.1, -0.05) is 0 Å². The molecule has 0 fully saturated rings. The number of hydrogen-bond donors (Lipinski definition) is 1. The zero-order valence-corrected chi connectivity index (χ0v) is 11.8. The highest BCUT2D eigenvalue weighted by atomic mass is 32.1. The van der Waals surface area contributed by atoms with Gasteiger partial charge in [0.2, 0.25) is 5.88 Å². The lowest BCUT2D eigenvalue weighted by atomic mass is 10.2. The van der Waals surface area contributed by atoms with Gasteiger partial charge in [-0.15, -0.1) is 11.3 Å². The van der Waals surface area contributed by atoms with Crippen LogP contribution in [0.4, 0.5) is 5.69 Å².